The van der Waals surface area contributed by atoms with Crippen molar-refractivity contribution in [2.24, 2.45) is 0 Å². The molecule has 3 rings (SSSR count). The number of aromatic amines is 1. The van der Waals surface area contributed by atoms with Crippen LogP contribution in [-0.2, 0) is 13.1 Å². The van der Waals surface area contributed by atoms with Gasteiger partial charge in [-0.05, 0) is 49.8 Å². The highest BCUT2D eigenvalue weighted by Gasteiger charge is 2.09. The van der Waals surface area contributed by atoms with Crippen molar-refractivity contribution in [1.82, 2.24) is 15.2 Å². The Morgan fingerprint density at radius 2 is 1.75 bits per heavy atom. The first-order valence-corrected chi connectivity index (χ1v) is 8.11. The molecular formula is C20H23N3O. The summed E-state index contributed by atoms with van der Waals surface area (Å²) in [6.07, 6.45) is 0. The summed E-state index contributed by atoms with van der Waals surface area (Å²) in [7, 11) is 4.10. The molecule has 1 heterocycles. The quantitative estimate of drug-likeness (QED) is 0.756. The van der Waals surface area contributed by atoms with Gasteiger partial charge in [0.25, 0.3) is 5.91 Å². The maximum atomic E-state index is 12.3. The summed E-state index contributed by atoms with van der Waals surface area (Å²) in [4.78, 5) is 17.7. The Bertz CT molecular complexity index is 847. The van der Waals surface area contributed by atoms with Gasteiger partial charge in [0, 0.05) is 24.0 Å². The molecule has 0 saturated carbocycles. The van der Waals surface area contributed by atoms with Gasteiger partial charge in [0.15, 0.2) is 0 Å². The van der Waals surface area contributed by atoms with Crippen molar-refractivity contribution in [3.63, 3.8) is 0 Å². The van der Waals surface area contributed by atoms with Gasteiger partial charge < -0.3 is 15.2 Å². The molecule has 0 radical (unpaired) electrons. The summed E-state index contributed by atoms with van der Waals surface area (Å²) < 4.78 is 0. The number of benzene rings is 2. The zero-order chi connectivity index (χ0) is 17.1. The van der Waals surface area contributed by atoms with Gasteiger partial charge in [-0.25, -0.2) is 0 Å². The Labute approximate surface area is 142 Å². The molecule has 0 unspecified atom stereocenters. The van der Waals surface area contributed by atoms with E-state index in [-0.39, 0.29) is 5.91 Å². The average molecular weight is 321 g/mol. The summed E-state index contributed by atoms with van der Waals surface area (Å²) >= 11 is 0. The van der Waals surface area contributed by atoms with E-state index in [4.69, 9.17) is 0 Å². The fourth-order valence-electron chi connectivity index (χ4n) is 2.77. The van der Waals surface area contributed by atoms with Crippen LogP contribution >= 0.6 is 0 Å². The van der Waals surface area contributed by atoms with Gasteiger partial charge in [-0.2, -0.15) is 0 Å². The number of hydrogen-bond donors (Lipinski definition) is 2. The topological polar surface area (TPSA) is 48.1 Å². The zero-order valence-electron chi connectivity index (χ0n) is 14.4. The fraction of sp³-hybridized carbons (Fsp3) is 0.250. The second kappa shape index (κ2) is 6.89. The van der Waals surface area contributed by atoms with Crippen LogP contribution in [0.4, 0.5) is 0 Å². The molecule has 0 fully saturated rings. The molecule has 24 heavy (non-hydrogen) atoms. The Morgan fingerprint density at radius 1 is 1.04 bits per heavy atom. The normalized spacial score (nSPS) is 11.2. The third-order valence-corrected chi connectivity index (χ3v) is 4.00. The number of aryl methyl sites for hydroxylation is 1. The predicted molar refractivity (Wildman–Crippen MR) is 98.0 cm³/mol. The molecule has 2 N–H and O–H groups in total. The molecule has 0 aliphatic rings. The molecule has 1 amide bonds. The molecule has 4 heteroatoms. The highest BCUT2D eigenvalue weighted by molar-refractivity contribution is 5.98. The van der Waals surface area contributed by atoms with Crippen LogP contribution < -0.4 is 5.32 Å². The maximum Gasteiger partial charge on any atom is 0.267 e. The van der Waals surface area contributed by atoms with Crippen molar-refractivity contribution in [2.75, 3.05) is 14.1 Å². The third kappa shape index (κ3) is 3.84. The second-order valence-corrected chi connectivity index (χ2v) is 6.51. The predicted octanol–water partition coefficient (Wildman–Crippen LogP) is 3.47. The van der Waals surface area contributed by atoms with Gasteiger partial charge >= 0.3 is 0 Å². The van der Waals surface area contributed by atoms with E-state index in [9.17, 15) is 4.79 Å². The maximum absolute atomic E-state index is 12.3. The number of carbonyl (C=O) groups is 1. The lowest BCUT2D eigenvalue weighted by Gasteiger charge is -2.10. The van der Waals surface area contributed by atoms with Crippen molar-refractivity contribution < 1.29 is 4.79 Å². The summed E-state index contributed by atoms with van der Waals surface area (Å²) in [5.74, 6) is -0.0822. The van der Waals surface area contributed by atoms with E-state index in [0.29, 0.717) is 12.2 Å². The Morgan fingerprint density at radius 3 is 2.46 bits per heavy atom. The number of rotatable bonds is 5. The van der Waals surface area contributed by atoms with Gasteiger partial charge in [-0.15, -0.1) is 0 Å². The molecule has 0 aliphatic heterocycles. The number of H-pyrrole nitrogens is 1. The molecule has 0 atom stereocenters. The molecule has 4 nitrogen and oxygen atoms in total. The van der Waals surface area contributed by atoms with E-state index in [0.717, 1.165) is 23.0 Å². The van der Waals surface area contributed by atoms with Crippen molar-refractivity contribution in [1.29, 1.82) is 0 Å². The smallest absolute Gasteiger partial charge is 0.267 e. The van der Waals surface area contributed by atoms with Crippen LogP contribution in [0.25, 0.3) is 10.9 Å². The lowest BCUT2D eigenvalue weighted by molar-refractivity contribution is 0.0947. The van der Waals surface area contributed by atoms with Crippen LogP contribution in [0.15, 0.2) is 48.5 Å². The Balaban J connectivity index is 1.63. The Hall–Kier alpha value is -2.59. The van der Waals surface area contributed by atoms with Crippen LogP contribution in [0.1, 0.15) is 27.2 Å². The first kappa shape index (κ1) is 16.3. The molecule has 2 aromatic carbocycles. The molecule has 1 aromatic heterocycles. The fourth-order valence-corrected chi connectivity index (χ4v) is 2.77. The van der Waals surface area contributed by atoms with E-state index >= 15 is 0 Å². The van der Waals surface area contributed by atoms with E-state index in [1.165, 1.54) is 11.1 Å². The highest BCUT2D eigenvalue weighted by atomic mass is 16.1. The van der Waals surface area contributed by atoms with Crippen LogP contribution in [0.3, 0.4) is 0 Å². The third-order valence-electron chi connectivity index (χ3n) is 4.00. The summed E-state index contributed by atoms with van der Waals surface area (Å²) in [6.45, 7) is 3.48. The molecule has 124 valence electrons. The number of aromatic nitrogens is 1. The molecular weight excluding hydrogens is 298 g/mol. The zero-order valence-corrected chi connectivity index (χ0v) is 14.4. The number of carbonyl (C=O) groups excluding carboxylic acids is 1. The minimum absolute atomic E-state index is 0.0822. The number of amides is 1. The van der Waals surface area contributed by atoms with E-state index in [1.54, 1.807) is 0 Å². The summed E-state index contributed by atoms with van der Waals surface area (Å²) in [5.41, 5.74) is 5.13. The number of hydrogen-bond acceptors (Lipinski definition) is 2. The SMILES string of the molecule is Cc1ccc2cc(C(=O)NCc3ccc(CN(C)C)cc3)[nH]c2c1. The molecule has 0 spiro atoms. The molecule has 3 aromatic rings. The number of nitrogens with zero attached hydrogens (tertiary/aromatic N) is 1. The van der Waals surface area contributed by atoms with E-state index in [1.807, 2.05) is 25.1 Å². The standard InChI is InChI=1S/C20H23N3O/c1-14-4-9-17-11-19(22-18(17)10-14)20(24)21-12-15-5-7-16(8-6-15)13-23(2)3/h4-11,22H,12-13H2,1-3H3,(H,21,24). The van der Waals surface area contributed by atoms with Crippen molar-refractivity contribution in [2.45, 2.75) is 20.0 Å². The lowest BCUT2D eigenvalue weighted by atomic mass is 10.1. The van der Waals surface area contributed by atoms with Crippen molar-refractivity contribution in [3.05, 3.63) is 70.9 Å². The molecule has 0 bridgehead atoms. The Kier molecular flexibility index (Phi) is 4.67. The molecule has 0 saturated heterocycles. The monoisotopic (exact) mass is 321 g/mol. The van der Waals surface area contributed by atoms with Crippen molar-refractivity contribution in [3.8, 4) is 0 Å². The average Bonchev–Trinajstić information content (AvgIpc) is 2.96. The lowest BCUT2D eigenvalue weighted by Crippen LogP contribution is -2.23. The largest absolute Gasteiger partial charge is 0.351 e. The van der Waals surface area contributed by atoms with Crippen LogP contribution in [0.5, 0.6) is 0 Å². The van der Waals surface area contributed by atoms with E-state index < -0.39 is 0 Å². The van der Waals surface area contributed by atoms with Crippen molar-refractivity contribution >= 4 is 16.8 Å². The van der Waals surface area contributed by atoms with Gasteiger partial charge in [-0.1, -0.05) is 36.4 Å². The van der Waals surface area contributed by atoms with Crippen LogP contribution in [0.2, 0.25) is 0 Å². The van der Waals surface area contributed by atoms with Crippen LogP contribution in [-0.4, -0.2) is 29.9 Å². The number of fused-ring (bicyclic) bond motifs is 1. The van der Waals surface area contributed by atoms with Gasteiger partial charge in [0.05, 0.1) is 0 Å². The second-order valence-electron chi connectivity index (χ2n) is 6.51. The van der Waals surface area contributed by atoms with Gasteiger partial charge in [0.1, 0.15) is 5.69 Å². The minimum Gasteiger partial charge on any atom is -0.351 e. The first-order chi connectivity index (χ1) is 11.5. The highest BCUT2D eigenvalue weighted by Crippen LogP contribution is 2.17. The summed E-state index contributed by atoms with van der Waals surface area (Å²) in [6, 6.07) is 16.4. The number of nitrogens with one attached hydrogen (secondary N) is 2. The first-order valence-electron chi connectivity index (χ1n) is 8.11. The molecule has 0 aliphatic carbocycles. The summed E-state index contributed by atoms with van der Waals surface area (Å²) in [5, 5.41) is 4.02. The van der Waals surface area contributed by atoms with Gasteiger partial charge in [-0.3, -0.25) is 4.79 Å². The van der Waals surface area contributed by atoms with Gasteiger partial charge in [0.2, 0.25) is 0 Å². The van der Waals surface area contributed by atoms with Crippen LogP contribution in [0, 0.1) is 6.92 Å². The van der Waals surface area contributed by atoms with E-state index in [2.05, 4.69) is 59.6 Å². The minimum atomic E-state index is -0.0822.